The van der Waals surface area contributed by atoms with Gasteiger partial charge in [0.15, 0.2) is 6.29 Å². The molecule has 0 atom stereocenters. The summed E-state index contributed by atoms with van der Waals surface area (Å²) in [6.45, 7) is 5.36. The van der Waals surface area contributed by atoms with E-state index in [0.717, 1.165) is 6.29 Å². The lowest BCUT2D eigenvalue weighted by Crippen LogP contribution is -2.27. The molecule has 1 aromatic rings. The summed E-state index contributed by atoms with van der Waals surface area (Å²) in [5, 5.41) is 2.56. The molecule has 1 rings (SSSR count). The topological polar surface area (TPSA) is 60.3 Å². The molecule has 0 bridgehead atoms. The molecule has 0 spiro atoms. The van der Waals surface area contributed by atoms with Gasteiger partial charge in [-0.2, -0.15) is 0 Å². The molecule has 1 N–H and O–H groups in total. The van der Waals surface area contributed by atoms with E-state index in [2.05, 4.69) is 5.32 Å². The molecule has 0 aromatic carbocycles. The Morgan fingerprint density at radius 1 is 1.50 bits per heavy atom. The van der Waals surface area contributed by atoms with Crippen LogP contribution in [0.1, 0.15) is 31.1 Å². The lowest BCUT2D eigenvalue weighted by molar-refractivity contribution is 0.0634. The van der Waals surface area contributed by atoms with Gasteiger partial charge in [-0.05, 0) is 26.8 Å². The first-order chi connectivity index (χ1) is 7.31. The summed E-state index contributed by atoms with van der Waals surface area (Å²) in [4.78, 5) is 22.0. The number of aldehydes is 1. The van der Waals surface area contributed by atoms with Crippen molar-refractivity contribution >= 4 is 18.2 Å². The molecule has 0 radical (unpaired) electrons. The number of nitrogens with zero attached hydrogens (tertiary/aromatic N) is 1. The van der Waals surface area contributed by atoms with Gasteiger partial charge in [0.1, 0.15) is 11.4 Å². The number of hydrogen-bond donors (Lipinski definition) is 1. The summed E-state index contributed by atoms with van der Waals surface area (Å²) in [5.74, 6) is 0.524. The van der Waals surface area contributed by atoms with Crippen LogP contribution in [0.15, 0.2) is 12.3 Å². The second kappa shape index (κ2) is 4.38. The first kappa shape index (κ1) is 12.3. The fraction of sp³-hybridized carbons (Fsp3) is 0.455. The second-order valence-corrected chi connectivity index (χ2v) is 4.51. The number of aromatic nitrogens is 1. The zero-order valence-electron chi connectivity index (χ0n) is 9.90. The van der Waals surface area contributed by atoms with Crippen LogP contribution in [0.5, 0.6) is 0 Å². The van der Waals surface area contributed by atoms with Crippen molar-refractivity contribution in [3.05, 3.63) is 17.8 Å². The van der Waals surface area contributed by atoms with Crippen LogP contribution in [0.2, 0.25) is 0 Å². The molecule has 88 valence electrons. The maximum atomic E-state index is 11.4. The zero-order valence-corrected chi connectivity index (χ0v) is 9.90. The van der Waals surface area contributed by atoms with Crippen molar-refractivity contribution in [3.8, 4) is 0 Å². The highest BCUT2D eigenvalue weighted by atomic mass is 16.6. The minimum absolute atomic E-state index is 0.508. The van der Waals surface area contributed by atoms with Crippen LogP contribution in [0, 0.1) is 0 Å². The number of anilines is 1. The Bertz CT molecular complexity index is 402. The number of carbonyl (C=O) groups excluding carboxylic acids is 2. The van der Waals surface area contributed by atoms with Crippen LogP contribution in [0.4, 0.5) is 10.6 Å². The summed E-state index contributed by atoms with van der Waals surface area (Å²) in [6.07, 6.45) is 1.81. The Kier molecular flexibility index (Phi) is 3.37. The van der Waals surface area contributed by atoms with Crippen LogP contribution < -0.4 is 5.32 Å². The quantitative estimate of drug-likeness (QED) is 0.783. The summed E-state index contributed by atoms with van der Waals surface area (Å²) >= 11 is 0. The average molecular weight is 224 g/mol. The standard InChI is InChI=1S/C11H16N2O3/c1-11(2,3)16-10(15)12-9-5-8(7-14)6-13(9)4/h5-7H,1-4H3,(H,12,15). The normalized spacial score (nSPS) is 11.0. The summed E-state index contributed by atoms with van der Waals surface area (Å²) in [6, 6.07) is 1.58. The van der Waals surface area contributed by atoms with E-state index in [9.17, 15) is 9.59 Å². The largest absolute Gasteiger partial charge is 0.444 e. The van der Waals surface area contributed by atoms with E-state index in [1.807, 2.05) is 0 Å². The minimum atomic E-state index is -0.539. The molecule has 16 heavy (non-hydrogen) atoms. The first-order valence-corrected chi connectivity index (χ1v) is 4.93. The number of nitrogens with one attached hydrogen (secondary N) is 1. The summed E-state index contributed by atoms with van der Waals surface area (Å²) < 4.78 is 6.73. The Morgan fingerprint density at radius 2 is 2.12 bits per heavy atom. The van der Waals surface area contributed by atoms with E-state index in [1.165, 1.54) is 0 Å². The SMILES string of the molecule is Cn1cc(C=O)cc1NC(=O)OC(C)(C)C. The van der Waals surface area contributed by atoms with Crippen LogP contribution >= 0.6 is 0 Å². The van der Waals surface area contributed by atoms with Gasteiger partial charge in [0.2, 0.25) is 0 Å². The Labute approximate surface area is 94.4 Å². The van der Waals surface area contributed by atoms with Gasteiger partial charge in [0.05, 0.1) is 0 Å². The van der Waals surface area contributed by atoms with Crippen molar-refractivity contribution in [1.29, 1.82) is 0 Å². The summed E-state index contributed by atoms with van der Waals surface area (Å²) in [7, 11) is 1.74. The van der Waals surface area contributed by atoms with Gasteiger partial charge >= 0.3 is 6.09 Å². The molecule has 1 aromatic heterocycles. The summed E-state index contributed by atoms with van der Waals surface area (Å²) in [5.41, 5.74) is -0.0310. The van der Waals surface area contributed by atoms with Crippen LogP contribution in [-0.2, 0) is 11.8 Å². The van der Waals surface area contributed by atoms with Crippen LogP contribution in [-0.4, -0.2) is 22.5 Å². The van der Waals surface area contributed by atoms with Crippen molar-refractivity contribution in [2.75, 3.05) is 5.32 Å². The molecule has 5 heteroatoms. The fourth-order valence-corrected chi connectivity index (χ4v) is 1.19. The van der Waals surface area contributed by atoms with Gasteiger partial charge in [-0.1, -0.05) is 0 Å². The van der Waals surface area contributed by atoms with Crippen molar-refractivity contribution in [3.63, 3.8) is 0 Å². The molecule has 1 amide bonds. The van der Waals surface area contributed by atoms with E-state index in [0.29, 0.717) is 11.4 Å². The smallest absolute Gasteiger partial charge is 0.413 e. The average Bonchev–Trinajstić information content (AvgIpc) is 2.44. The predicted molar refractivity (Wildman–Crippen MR) is 60.7 cm³/mol. The Hall–Kier alpha value is -1.78. The molecule has 0 aliphatic carbocycles. The number of amides is 1. The Balaban J connectivity index is 2.69. The van der Waals surface area contributed by atoms with Gasteiger partial charge in [0, 0.05) is 18.8 Å². The van der Waals surface area contributed by atoms with Crippen LogP contribution in [0.3, 0.4) is 0 Å². The number of hydrogen-bond acceptors (Lipinski definition) is 3. The lowest BCUT2D eigenvalue weighted by atomic mass is 10.2. The number of aryl methyl sites for hydroxylation is 1. The molecular weight excluding hydrogens is 208 g/mol. The van der Waals surface area contributed by atoms with E-state index in [1.54, 1.807) is 44.6 Å². The minimum Gasteiger partial charge on any atom is -0.444 e. The maximum Gasteiger partial charge on any atom is 0.413 e. The van der Waals surface area contributed by atoms with E-state index in [4.69, 9.17) is 4.74 Å². The fourth-order valence-electron chi connectivity index (χ4n) is 1.19. The molecule has 0 unspecified atom stereocenters. The van der Waals surface area contributed by atoms with E-state index in [-0.39, 0.29) is 0 Å². The van der Waals surface area contributed by atoms with Gasteiger partial charge in [0.25, 0.3) is 0 Å². The Morgan fingerprint density at radius 3 is 2.56 bits per heavy atom. The number of carbonyl (C=O) groups is 2. The molecule has 0 saturated heterocycles. The first-order valence-electron chi connectivity index (χ1n) is 4.93. The number of rotatable bonds is 2. The van der Waals surface area contributed by atoms with E-state index < -0.39 is 11.7 Å². The van der Waals surface area contributed by atoms with Crippen molar-refractivity contribution < 1.29 is 14.3 Å². The highest BCUT2D eigenvalue weighted by Gasteiger charge is 2.17. The highest BCUT2D eigenvalue weighted by Crippen LogP contribution is 2.13. The predicted octanol–water partition coefficient (Wildman–Crippen LogP) is 2.18. The second-order valence-electron chi connectivity index (χ2n) is 4.51. The molecular formula is C11H16N2O3. The monoisotopic (exact) mass is 224 g/mol. The molecule has 0 aliphatic heterocycles. The molecule has 1 heterocycles. The number of ether oxygens (including phenoxy) is 1. The van der Waals surface area contributed by atoms with Crippen molar-refractivity contribution in [2.45, 2.75) is 26.4 Å². The van der Waals surface area contributed by atoms with Gasteiger partial charge < -0.3 is 9.30 Å². The van der Waals surface area contributed by atoms with Gasteiger partial charge in [-0.3, -0.25) is 10.1 Å². The molecule has 5 nitrogen and oxygen atoms in total. The maximum absolute atomic E-state index is 11.4. The van der Waals surface area contributed by atoms with E-state index >= 15 is 0 Å². The van der Waals surface area contributed by atoms with Gasteiger partial charge in [-0.25, -0.2) is 4.79 Å². The third kappa shape index (κ3) is 3.42. The molecule has 0 saturated carbocycles. The van der Waals surface area contributed by atoms with Gasteiger partial charge in [-0.15, -0.1) is 0 Å². The lowest BCUT2D eigenvalue weighted by Gasteiger charge is -2.19. The zero-order chi connectivity index (χ0) is 12.3. The van der Waals surface area contributed by atoms with Crippen LogP contribution in [0.25, 0.3) is 0 Å². The third-order valence-corrected chi connectivity index (χ3v) is 1.79. The third-order valence-electron chi connectivity index (χ3n) is 1.79. The van der Waals surface area contributed by atoms with Crippen molar-refractivity contribution in [1.82, 2.24) is 4.57 Å². The molecule has 0 aliphatic rings. The van der Waals surface area contributed by atoms with Crippen molar-refractivity contribution in [2.24, 2.45) is 7.05 Å². The molecule has 0 fully saturated rings. The highest BCUT2D eigenvalue weighted by molar-refractivity contribution is 5.86.